The van der Waals surface area contributed by atoms with E-state index in [1.165, 1.54) is 6.92 Å². The summed E-state index contributed by atoms with van der Waals surface area (Å²) in [7, 11) is 0. The van der Waals surface area contributed by atoms with Gasteiger partial charge >= 0.3 is 5.97 Å². The van der Waals surface area contributed by atoms with Gasteiger partial charge in [-0.1, -0.05) is 6.92 Å². The van der Waals surface area contributed by atoms with Crippen LogP contribution in [0.15, 0.2) is 0 Å². The third-order valence-corrected chi connectivity index (χ3v) is 2.18. The summed E-state index contributed by atoms with van der Waals surface area (Å²) < 4.78 is 4.74. The van der Waals surface area contributed by atoms with Crippen LogP contribution in [-0.2, 0) is 9.53 Å². The molecule has 0 fully saturated rings. The fourth-order valence-corrected chi connectivity index (χ4v) is 1.47. The average Bonchev–Trinajstić information content (AvgIpc) is 2.01. The fourth-order valence-electron chi connectivity index (χ4n) is 1.47. The number of rotatable bonds is 6. The maximum absolute atomic E-state index is 11.4. The van der Waals surface area contributed by atoms with E-state index in [1.54, 1.807) is 13.8 Å². The lowest BCUT2D eigenvalue weighted by Gasteiger charge is -2.26. The Morgan fingerprint density at radius 1 is 1.60 bits per heavy atom. The lowest BCUT2D eigenvalue weighted by molar-refractivity contribution is -0.501. The van der Waals surface area contributed by atoms with E-state index in [9.17, 15) is 20.0 Å². The molecular weight excluding hydrogens is 202 g/mol. The van der Waals surface area contributed by atoms with Crippen LogP contribution in [-0.4, -0.2) is 34.8 Å². The third-order valence-electron chi connectivity index (χ3n) is 2.18. The molecule has 0 saturated heterocycles. The summed E-state index contributed by atoms with van der Waals surface area (Å²) in [6, 6.07) is 0. The normalized spacial score (nSPS) is 16.5. The van der Waals surface area contributed by atoms with Crippen molar-refractivity contribution in [1.82, 2.24) is 0 Å². The molecule has 15 heavy (non-hydrogen) atoms. The zero-order chi connectivity index (χ0) is 12.1. The zero-order valence-corrected chi connectivity index (χ0v) is 9.23. The van der Waals surface area contributed by atoms with Crippen molar-refractivity contribution in [3.05, 3.63) is 10.1 Å². The highest BCUT2D eigenvalue weighted by Gasteiger charge is 2.41. The number of hydrogen-bond donors (Lipinski definition) is 1. The first kappa shape index (κ1) is 13.8. The minimum Gasteiger partial charge on any atom is -0.466 e. The molecule has 2 atom stereocenters. The summed E-state index contributed by atoms with van der Waals surface area (Å²) in [4.78, 5) is 21.1. The van der Waals surface area contributed by atoms with E-state index >= 15 is 0 Å². The molecule has 6 nitrogen and oxygen atoms in total. The summed E-state index contributed by atoms with van der Waals surface area (Å²) in [5, 5.41) is 20.1. The maximum Gasteiger partial charge on any atom is 0.312 e. The van der Waals surface area contributed by atoms with Crippen LogP contribution in [0.4, 0.5) is 0 Å². The molecule has 0 rings (SSSR count). The van der Waals surface area contributed by atoms with Gasteiger partial charge in [-0.2, -0.15) is 0 Å². The highest BCUT2D eigenvalue weighted by Crippen LogP contribution is 2.22. The average molecular weight is 219 g/mol. The molecule has 0 aliphatic carbocycles. The minimum absolute atomic E-state index is 0.198. The molecule has 6 heteroatoms. The van der Waals surface area contributed by atoms with Gasteiger partial charge in [0.1, 0.15) is 5.60 Å². The largest absolute Gasteiger partial charge is 0.466 e. The van der Waals surface area contributed by atoms with E-state index in [1.807, 2.05) is 0 Å². The summed E-state index contributed by atoms with van der Waals surface area (Å²) in [5.41, 5.74) is -1.66. The predicted octanol–water partition coefficient (Wildman–Crippen LogP) is 0.603. The van der Waals surface area contributed by atoms with Crippen LogP contribution in [0.5, 0.6) is 0 Å². The number of carbonyl (C=O) groups is 1. The van der Waals surface area contributed by atoms with Gasteiger partial charge in [0, 0.05) is 4.92 Å². The van der Waals surface area contributed by atoms with Crippen LogP contribution in [0.3, 0.4) is 0 Å². The lowest BCUT2D eigenvalue weighted by Crippen LogP contribution is -2.45. The van der Waals surface area contributed by atoms with Crippen molar-refractivity contribution in [2.75, 3.05) is 13.2 Å². The highest BCUT2D eigenvalue weighted by molar-refractivity contribution is 5.73. The van der Waals surface area contributed by atoms with Crippen LogP contribution in [0.2, 0.25) is 0 Å². The second kappa shape index (κ2) is 5.65. The Bertz CT molecular complexity index is 239. The number of esters is 1. The van der Waals surface area contributed by atoms with Gasteiger partial charge in [0.05, 0.1) is 12.5 Å². The Morgan fingerprint density at radius 2 is 2.13 bits per heavy atom. The molecule has 0 heterocycles. The molecule has 0 bridgehead atoms. The second-order valence-corrected chi connectivity index (χ2v) is 3.56. The van der Waals surface area contributed by atoms with Crippen LogP contribution in [0, 0.1) is 16.0 Å². The Balaban J connectivity index is 4.63. The summed E-state index contributed by atoms with van der Waals surface area (Å²) in [6.07, 6.45) is 0.305. The third kappa shape index (κ3) is 4.24. The molecule has 0 aromatic rings. The van der Waals surface area contributed by atoms with Crippen molar-refractivity contribution in [2.45, 2.75) is 32.8 Å². The fraction of sp³-hybridized carbons (Fsp3) is 0.889. The van der Waals surface area contributed by atoms with Gasteiger partial charge in [-0.15, -0.1) is 0 Å². The van der Waals surface area contributed by atoms with Crippen molar-refractivity contribution in [3.8, 4) is 0 Å². The Hall–Kier alpha value is -1.17. The Morgan fingerprint density at radius 3 is 2.47 bits per heavy atom. The van der Waals surface area contributed by atoms with E-state index in [4.69, 9.17) is 4.74 Å². The maximum atomic E-state index is 11.4. The lowest BCUT2D eigenvalue weighted by atomic mass is 9.87. The van der Waals surface area contributed by atoms with E-state index in [-0.39, 0.29) is 6.61 Å². The molecule has 0 spiro atoms. The molecule has 0 aliphatic rings. The van der Waals surface area contributed by atoms with Crippen LogP contribution in [0.1, 0.15) is 27.2 Å². The molecule has 1 N–H and O–H groups in total. The van der Waals surface area contributed by atoms with Gasteiger partial charge < -0.3 is 9.84 Å². The van der Waals surface area contributed by atoms with Crippen LogP contribution in [0.25, 0.3) is 0 Å². The van der Waals surface area contributed by atoms with Gasteiger partial charge in [0.15, 0.2) is 0 Å². The summed E-state index contributed by atoms with van der Waals surface area (Å²) in [6.45, 7) is 4.14. The molecule has 0 radical (unpaired) electrons. The topological polar surface area (TPSA) is 89.7 Å². The van der Waals surface area contributed by atoms with Crippen molar-refractivity contribution < 1.29 is 19.6 Å². The smallest absolute Gasteiger partial charge is 0.312 e. The standard InChI is InChI=1S/C9H17NO5/c1-4-7(8(11)15-5-2)9(3,12)6-10(13)14/h7,12H,4-6H2,1-3H3/t7-,9+/m1/s1. The second-order valence-electron chi connectivity index (χ2n) is 3.56. The summed E-state index contributed by atoms with van der Waals surface area (Å²) in [5.74, 6) is -1.45. The molecule has 0 aliphatic heterocycles. The number of aliphatic hydroxyl groups is 1. The van der Waals surface area contributed by atoms with E-state index in [0.29, 0.717) is 6.42 Å². The Kier molecular flexibility index (Phi) is 5.21. The molecule has 0 saturated carbocycles. The van der Waals surface area contributed by atoms with Gasteiger partial charge in [0.2, 0.25) is 6.54 Å². The number of ether oxygens (including phenoxy) is 1. The zero-order valence-electron chi connectivity index (χ0n) is 9.23. The SMILES string of the molecule is CCOC(=O)[C@@H](CC)[C@@](C)(O)C[N+](=O)[O-]. The van der Waals surface area contributed by atoms with Crippen molar-refractivity contribution >= 4 is 5.97 Å². The number of nitro groups is 1. The van der Waals surface area contributed by atoms with Crippen molar-refractivity contribution in [3.63, 3.8) is 0 Å². The molecule has 0 aromatic heterocycles. The van der Waals surface area contributed by atoms with Crippen LogP contribution < -0.4 is 0 Å². The number of carbonyl (C=O) groups excluding carboxylic acids is 1. The predicted molar refractivity (Wildman–Crippen MR) is 52.9 cm³/mol. The van der Waals surface area contributed by atoms with E-state index in [0.717, 1.165) is 0 Å². The minimum atomic E-state index is -1.66. The van der Waals surface area contributed by atoms with Crippen molar-refractivity contribution in [2.24, 2.45) is 5.92 Å². The highest BCUT2D eigenvalue weighted by atomic mass is 16.6. The van der Waals surface area contributed by atoms with E-state index < -0.39 is 29.0 Å². The molecule has 0 amide bonds. The first-order valence-electron chi connectivity index (χ1n) is 4.86. The molecule has 0 unspecified atom stereocenters. The molecule has 88 valence electrons. The summed E-state index contributed by atoms with van der Waals surface area (Å²) >= 11 is 0. The molecular formula is C9H17NO5. The van der Waals surface area contributed by atoms with Gasteiger partial charge in [-0.25, -0.2) is 0 Å². The Labute approximate surface area is 88.4 Å². The monoisotopic (exact) mass is 219 g/mol. The van der Waals surface area contributed by atoms with Gasteiger partial charge in [-0.05, 0) is 20.3 Å². The number of nitrogens with zero attached hydrogens (tertiary/aromatic N) is 1. The van der Waals surface area contributed by atoms with Crippen molar-refractivity contribution in [1.29, 1.82) is 0 Å². The van der Waals surface area contributed by atoms with Crippen LogP contribution >= 0.6 is 0 Å². The number of hydrogen-bond acceptors (Lipinski definition) is 5. The molecule has 0 aromatic carbocycles. The van der Waals surface area contributed by atoms with E-state index in [2.05, 4.69) is 0 Å². The van der Waals surface area contributed by atoms with Gasteiger partial charge in [0.25, 0.3) is 0 Å². The quantitative estimate of drug-likeness (QED) is 0.401. The first-order valence-corrected chi connectivity index (χ1v) is 4.86. The van der Waals surface area contributed by atoms with Gasteiger partial charge in [-0.3, -0.25) is 14.9 Å². The first-order chi connectivity index (χ1) is 6.85.